The second kappa shape index (κ2) is 14.0. The number of rotatable bonds is 9. The van der Waals surface area contributed by atoms with Crippen LogP contribution in [0.3, 0.4) is 0 Å². The van der Waals surface area contributed by atoms with Crippen LogP contribution in [0, 0.1) is 11.8 Å². The van der Waals surface area contributed by atoms with Crippen molar-refractivity contribution in [1.82, 2.24) is 10.2 Å². The maximum atomic E-state index is 12.7. The molecule has 1 aliphatic rings. The first-order chi connectivity index (χ1) is 16.3. The first kappa shape index (κ1) is 29.4. The third-order valence-corrected chi connectivity index (χ3v) is 7.14. The van der Waals surface area contributed by atoms with Crippen LogP contribution in [-0.2, 0) is 6.42 Å². The van der Waals surface area contributed by atoms with Crippen molar-refractivity contribution in [1.29, 1.82) is 0 Å². The van der Waals surface area contributed by atoms with Crippen LogP contribution in [-0.4, -0.2) is 50.8 Å². The molecule has 0 spiro atoms. The number of carbonyl (C=O) groups is 1. The van der Waals surface area contributed by atoms with Crippen LogP contribution in [0.5, 0.6) is 11.5 Å². The monoisotopic (exact) mass is 543 g/mol. The zero-order valence-corrected chi connectivity index (χ0v) is 23.1. The van der Waals surface area contributed by atoms with Crippen LogP contribution >= 0.6 is 35.6 Å². The van der Waals surface area contributed by atoms with Crippen LogP contribution in [0.25, 0.3) is 0 Å². The van der Waals surface area contributed by atoms with Crippen LogP contribution in [0.1, 0.15) is 32.3 Å². The SMILES string of the molecule is COc1cc(NC(=O)N[C@H](CN2CCC(Cc3ccc(Cl)c(Cl)c3)CC2)C(C)C)cc(OC)c1.Cl. The van der Waals surface area contributed by atoms with Gasteiger partial charge in [-0.15, -0.1) is 12.4 Å². The van der Waals surface area contributed by atoms with E-state index in [1.54, 1.807) is 32.4 Å². The smallest absolute Gasteiger partial charge is 0.319 e. The molecular weight excluding hydrogens is 509 g/mol. The molecule has 194 valence electrons. The maximum Gasteiger partial charge on any atom is 0.319 e. The quantitative estimate of drug-likeness (QED) is 0.377. The van der Waals surface area contributed by atoms with E-state index in [1.807, 2.05) is 12.1 Å². The van der Waals surface area contributed by atoms with Gasteiger partial charge in [-0.2, -0.15) is 0 Å². The van der Waals surface area contributed by atoms with E-state index in [-0.39, 0.29) is 24.5 Å². The van der Waals surface area contributed by atoms with Gasteiger partial charge in [-0.1, -0.05) is 43.1 Å². The van der Waals surface area contributed by atoms with Gasteiger partial charge in [0, 0.05) is 36.5 Å². The van der Waals surface area contributed by atoms with Crippen molar-refractivity contribution in [3.8, 4) is 11.5 Å². The second-order valence-corrected chi connectivity index (χ2v) is 10.1. The number of halogens is 3. The summed E-state index contributed by atoms with van der Waals surface area (Å²) in [6, 6.07) is 11.0. The molecule has 0 unspecified atom stereocenters. The van der Waals surface area contributed by atoms with E-state index in [2.05, 4.69) is 35.4 Å². The Bertz CT molecular complexity index is 944. The second-order valence-electron chi connectivity index (χ2n) is 9.25. The molecule has 0 aliphatic carbocycles. The predicted octanol–water partition coefficient (Wildman–Crippen LogP) is 6.53. The molecule has 9 heteroatoms. The first-order valence-electron chi connectivity index (χ1n) is 11.7. The Kier molecular flexibility index (Phi) is 11.8. The highest BCUT2D eigenvalue weighted by Crippen LogP contribution is 2.28. The zero-order valence-electron chi connectivity index (χ0n) is 20.8. The van der Waals surface area contributed by atoms with Gasteiger partial charge in [0.15, 0.2) is 0 Å². The van der Waals surface area contributed by atoms with Crippen molar-refractivity contribution in [3.63, 3.8) is 0 Å². The normalized spacial score (nSPS) is 15.3. The van der Waals surface area contributed by atoms with Gasteiger partial charge in [-0.25, -0.2) is 4.79 Å². The summed E-state index contributed by atoms with van der Waals surface area (Å²) < 4.78 is 10.6. The summed E-state index contributed by atoms with van der Waals surface area (Å²) in [7, 11) is 3.17. The number of benzene rings is 2. The highest BCUT2D eigenvalue weighted by atomic mass is 35.5. The third kappa shape index (κ3) is 8.94. The summed E-state index contributed by atoms with van der Waals surface area (Å²) >= 11 is 12.2. The topological polar surface area (TPSA) is 62.8 Å². The Labute approximate surface area is 225 Å². The Morgan fingerprint density at radius 3 is 2.20 bits per heavy atom. The van der Waals surface area contributed by atoms with Gasteiger partial charge in [0.25, 0.3) is 0 Å². The van der Waals surface area contributed by atoms with Gasteiger partial charge < -0.3 is 25.0 Å². The molecule has 35 heavy (non-hydrogen) atoms. The van der Waals surface area contributed by atoms with Crippen LogP contribution < -0.4 is 20.1 Å². The molecule has 1 heterocycles. The number of hydrogen-bond acceptors (Lipinski definition) is 4. The summed E-state index contributed by atoms with van der Waals surface area (Å²) in [5, 5.41) is 7.28. The first-order valence-corrected chi connectivity index (χ1v) is 12.5. The number of nitrogens with zero attached hydrogens (tertiary/aromatic N) is 1. The Morgan fingerprint density at radius 2 is 1.66 bits per heavy atom. The van der Waals surface area contributed by atoms with Crippen molar-refractivity contribution in [2.24, 2.45) is 11.8 Å². The van der Waals surface area contributed by atoms with Gasteiger partial charge in [0.1, 0.15) is 11.5 Å². The van der Waals surface area contributed by atoms with Crippen molar-refractivity contribution in [2.45, 2.75) is 39.2 Å². The minimum absolute atomic E-state index is 0. The number of amides is 2. The summed E-state index contributed by atoms with van der Waals surface area (Å²) in [5.41, 5.74) is 1.86. The molecule has 0 bridgehead atoms. The molecule has 2 N–H and O–H groups in total. The highest BCUT2D eigenvalue weighted by Gasteiger charge is 2.24. The minimum Gasteiger partial charge on any atom is -0.497 e. The predicted molar refractivity (Wildman–Crippen MR) is 147 cm³/mol. The molecule has 2 amide bonds. The van der Waals surface area contributed by atoms with Crippen LogP contribution in [0.4, 0.5) is 10.5 Å². The summed E-state index contributed by atoms with van der Waals surface area (Å²) in [6.07, 6.45) is 3.27. The number of hydrogen-bond donors (Lipinski definition) is 2. The van der Waals surface area contributed by atoms with E-state index >= 15 is 0 Å². The van der Waals surface area contributed by atoms with Gasteiger partial charge in [0.2, 0.25) is 0 Å². The van der Waals surface area contributed by atoms with Gasteiger partial charge >= 0.3 is 6.03 Å². The molecule has 3 rings (SSSR count). The summed E-state index contributed by atoms with van der Waals surface area (Å²) in [5.74, 6) is 2.18. The lowest BCUT2D eigenvalue weighted by molar-refractivity contribution is 0.157. The van der Waals surface area contributed by atoms with Gasteiger partial charge in [-0.05, 0) is 61.9 Å². The van der Waals surface area contributed by atoms with E-state index in [0.717, 1.165) is 38.9 Å². The largest absolute Gasteiger partial charge is 0.497 e. The minimum atomic E-state index is -0.233. The van der Waals surface area contributed by atoms with Crippen molar-refractivity contribution in [3.05, 3.63) is 52.0 Å². The van der Waals surface area contributed by atoms with E-state index in [1.165, 1.54) is 5.56 Å². The fraction of sp³-hybridized carbons (Fsp3) is 0.500. The Hall–Kier alpha value is -1.86. The molecule has 6 nitrogen and oxygen atoms in total. The fourth-order valence-corrected chi connectivity index (χ4v) is 4.61. The molecule has 1 aliphatic heterocycles. The van der Waals surface area contributed by atoms with Gasteiger partial charge in [-0.3, -0.25) is 0 Å². The number of carbonyl (C=O) groups excluding carboxylic acids is 1. The van der Waals surface area contributed by atoms with Crippen LogP contribution in [0.15, 0.2) is 36.4 Å². The molecule has 0 radical (unpaired) electrons. The number of piperidine rings is 1. The zero-order chi connectivity index (χ0) is 24.7. The lowest BCUT2D eigenvalue weighted by atomic mass is 9.89. The molecule has 1 atom stereocenters. The number of ether oxygens (including phenoxy) is 2. The summed E-state index contributed by atoms with van der Waals surface area (Å²) in [4.78, 5) is 15.2. The molecule has 0 saturated carbocycles. The third-order valence-electron chi connectivity index (χ3n) is 6.40. The molecule has 1 saturated heterocycles. The maximum absolute atomic E-state index is 12.7. The Morgan fingerprint density at radius 1 is 1.03 bits per heavy atom. The summed E-state index contributed by atoms with van der Waals surface area (Å²) in [6.45, 7) is 7.14. The van der Waals surface area contributed by atoms with Crippen LogP contribution in [0.2, 0.25) is 10.0 Å². The molecule has 2 aromatic rings. The van der Waals surface area contributed by atoms with Gasteiger partial charge in [0.05, 0.1) is 24.3 Å². The number of methoxy groups -OCH3 is 2. The standard InChI is InChI=1S/C26H35Cl2N3O3.ClH/c1-17(2)25(30-26(32)29-20-13-21(33-3)15-22(14-20)34-4)16-31-9-7-18(8-10-31)11-19-5-6-23(27)24(28)12-19;/h5-6,12-15,17-18,25H,7-11,16H2,1-4H3,(H2,29,30,32);1H/t25-;/m1./s1. The number of urea groups is 1. The molecule has 1 fully saturated rings. The molecular formula is C26H36Cl3N3O3. The molecule has 2 aromatic carbocycles. The Balaban J connectivity index is 0.00000432. The number of likely N-dealkylation sites (tertiary alicyclic amines) is 1. The average Bonchev–Trinajstić information content (AvgIpc) is 2.81. The number of nitrogens with one attached hydrogen (secondary N) is 2. The lowest BCUT2D eigenvalue weighted by Gasteiger charge is -2.35. The lowest BCUT2D eigenvalue weighted by Crippen LogP contribution is -2.49. The fourth-order valence-electron chi connectivity index (χ4n) is 4.29. The molecule has 0 aromatic heterocycles. The van der Waals surface area contributed by atoms with Crippen molar-refractivity contribution in [2.75, 3.05) is 39.2 Å². The van der Waals surface area contributed by atoms with E-state index < -0.39 is 0 Å². The van der Waals surface area contributed by atoms with Crippen molar-refractivity contribution >= 4 is 47.3 Å². The average molecular weight is 545 g/mol. The van der Waals surface area contributed by atoms with E-state index in [0.29, 0.717) is 39.1 Å². The highest BCUT2D eigenvalue weighted by molar-refractivity contribution is 6.42. The number of anilines is 1. The van der Waals surface area contributed by atoms with E-state index in [9.17, 15) is 4.79 Å². The van der Waals surface area contributed by atoms with E-state index in [4.69, 9.17) is 32.7 Å². The van der Waals surface area contributed by atoms with Crippen molar-refractivity contribution < 1.29 is 14.3 Å².